The molecule has 0 aromatic heterocycles. The quantitative estimate of drug-likeness (QED) is 0.532. The van der Waals surface area contributed by atoms with Crippen LogP contribution in [0.1, 0.15) is 15.9 Å². The van der Waals surface area contributed by atoms with E-state index in [1.807, 2.05) is 12.1 Å². The molecule has 8 nitrogen and oxygen atoms in total. The van der Waals surface area contributed by atoms with Gasteiger partial charge in [0.1, 0.15) is 5.75 Å². The Bertz CT molecular complexity index is 1230. The number of hydrogen-bond donors (Lipinski definition) is 2. The number of amides is 2. The van der Waals surface area contributed by atoms with E-state index in [1.165, 1.54) is 27.4 Å². The second kappa shape index (κ2) is 9.35. The van der Waals surface area contributed by atoms with Gasteiger partial charge in [0.05, 0.1) is 32.6 Å². The summed E-state index contributed by atoms with van der Waals surface area (Å²) in [6, 6.07) is 15.5. The minimum Gasteiger partial charge on any atom is -0.493 e. The van der Waals surface area contributed by atoms with Crippen LogP contribution in [0.2, 0.25) is 0 Å². The monoisotopic (exact) mass is 446 g/mol. The average molecular weight is 446 g/mol. The van der Waals surface area contributed by atoms with Gasteiger partial charge in [0.2, 0.25) is 11.7 Å². The molecule has 1 heterocycles. The van der Waals surface area contributed by atoms with E-state index >= 15 is 0 Å². The van der Waals surface area contributed by atoms with Crippen molar-refractivity contribution in [2.45, 2.75) is 0 Å². The highest BCUT2D eigenvalue weighted by molar-refractivity contribution is 6.09. The van der Waals surface area contributed by atoms with Crippen LogP contribution in [-0.4, -0.2) is 33.1 Å². The Morgan fingerprint density at radius 3 is 2.36 bits per heavy atom. The Hall–Kier alpha value is -4.46. The molecule has 0 fully saturated rings. The van der Waals surface area contributed by atoms with Crippen LogP contribution in [0.25, 0.3) is 6.08 Å². The van der Waals surface area contributed by atoms with Crippen molar-refractivity contribution in [3.05, 3.63) is 71.8 Å². The summed E-state index contributed by atoms with van der Waals surface area (Å²) < 4.78 is 21.8. The molecule has 0 spiro atoms. The second-order valence-corrected chi connectivity index (χ2v) is 7.04. The predicted molar refractivity (Wildman–Crippen MR) is 125 cm³/mol. The van der Waals surface area contributed by atoms with Gasteiger partial charge < -0.3 is 29.6 Å². The van der Waals surface area contributed by atoms with Gasteiger partial charge in [0.25, 0.3) is 5.91 Å². The highest BCUT2D eigenvalue weighted by Gasteiger charge is 2.21. The lowest BCUT2D eigenvalue weighted by Crippen LogP contribution is -2.12. The summed E-state index contributed by atoms with van der Waals surface area (Å²) in [5.74, 6) is 1.69. The van der Waals surface area contributed by atoms with Crippen molar-refractivity contribution in [1.29, 1.82) is 0 Å². The van der Waals surface area contributed by atoms with Crippen molar-refractivity contribution in [1.82, 2.24) is 0 Å². The molecule has 3 aromatic rings. The van der Waals surface area contributed by atoms with E-state index in [4.69, 9.17) is 18.9 Å². The van der Waals surface area contributed by atoms with Gasteiger partial charge in [-0.2, -0.15) is 0 Å². The van der Waals surface area contributed by atoms with E-state index in [0.29, 0.717) is 51.2 Å². The lowest BCUT2D eigenvalue weighted by Gasteiger charge is -2.12. The van der Waals surface area contributed by atoms with E-state index in [1.54, 1.807) is 48.5 Å². The second-order valence-electron chi connectivity index (χ2n) is 7.04. The highest BCUT2D eigenvalue weighted by Crippen LogP contribution is 2.39. The molecule has 2 amide bonds. The average Bonchev–Trinajstić information content (AvgIpc) is 2.97. The van der Waals surface area contributed by atoms with Crippen LogP contribution >= 0.6 is 0 Å². The molecule has 0 unspecified atom stereocenters. The van der Waals surface area contributed by atoms with Gasteiger partial charge >= 0.3 is 0 Å². The standard InChI is InChI=1S/C25H22N2O6/c1-30-21-12-15(13-22(31-2)24(21)32-3)8-11-23(28)26-16-9-10-19-17(14-16)25(29)27-18-6-4-5-7-20(18)33-19/h4-14H,1-3H3,(H,26,28)(H,27,29). The molecule has 1 aliphatic rings. The maximum atomic E-state index is 12.6. The third kappa shape index (κ3) is 4.59. The number of nitrogens with one attached hydrogen (secondary N) is 2. The van der Waals surface area contributed by atoms with Crippen molar-refractivity contribution in [3.8, 4) is 28.7 Å². The maximum absolute atomic E-state index is 12.6. The van der Waals surface area contributed by atoms with Crippen molar-refractivity contribution >= 4 is 29.3 Å². The zero-order valence-electron chi connectivity index (χ0n) is 18.3. The molecular formula is C25H22N2O6. The van der Waals surface area contributed by atoms with Gasteiger partial charge in [0, 0.05) is 11.8 Å². The summed E-state index contributed by atoms with van der Waals surface area (Å²) in [5, 5.41) is 5.57. The summed E-state index contributed by atoms with van der Waals surface area (Å²) >= 11 is 0. The molecule has 168 valence electrons. The van der Waals surface area contributed by atoms with E-state index < -0.39 is 0 Å². The Morgan fingerprint density at radius 2 is 1.67 bits per heavy atom. The number of carbonyl (C=O) groups is 2. The summed E-state index contributed by atoms with van der Waals surface area (Å²) in [5.41, 5.74) is 2.04. The summed E-state index contributed by atoms with van der Waals surface area (Å²) in [4.78, 5) is 25.1. The Balaban J connectivity index is 1.52. The lowest BCUT2D eigenvalue weighted by atomic mass is 10.1. The van der Waals surface area contributed by atoms with Crippen LogP contribution in [0, 0.1) is 0 Å². The number of para-hydroxylation sites is 2. The van der Waals surface area contributed by atoms with Crippen LogP contribution in [0.15, 0.2) is 60.7 Å². The first-order valence-electron chi connectivity index (χ1n) is 10.0. The predicted octanol–water partition coefficient (Wildman–Crippen LogP) is 4.72. The van der Waals surface area contributed by atoms with Gasteiger partial charge in [-0.15, -0.1) is 0 Å². The molecule has 0 bridgehead atoms. The summed E-state index contributed by atoms with van der Waals surface area (Å²) in [6.45, 7) is 0. The lowest BCUT2D eigenvalue weighted by molar-refractivity contribution is -0.111. The first kappa shape index (κ1) is 21.8. The highest BCUT2D eigenvalue weighted by atomic mass is 16.5. The van der Waals surface area contributed by atoms with Crippen molar-refractivity contribution in [2.75, 3.05) is 32.0 Å². The number of ether oxygens (including phenoxy) is 4. The van der Waals surface area contributed by atoms with Crippen molar-refractivity contribution in [3.63, 3.8) is 0 Å². The molecule has 0 atom stereocenters. The Morgan fingerprint density at radius 1 is 0.939 bits per heavy atom. The maximum Gasteiger partial charge on any atom is 0.259 e. The largest absolute Gasteiger partial charge is 0.493 e. The molecule has 8 heteroatoms. The smallest absolute Gasteiger partial charge is 0.259 e. The third-order valence-corrected chi connectivity index (χ3v) is 4.96. The molecule has 0 saturated heterocycles. The Labute approximate surface area is 190 Å². The van der Waals surface area contributed by atoms with E-state index in [0.717, 1.165) is 0 Å². The fraction of sp³-hybridized carbons (Fsp3) is 0.120. The SMILES string of the molecule is COc1cc(C=CC(=O)Nc2ccc3c(c2)C(=O)Nc2ccccc2O3)cc(OC)c1OC. The normalized spacial score (nSPS) is 12.0. The van der Waals surface area contributed by atoms with Crippen LogP contribution in [0.4, 0.5) is 11.4 Å². The number of rotatable bonds is 6. The topological polar surface area (TPSA) is 95.1 Å². The Kier molecular flexibility index (Phi) is 6.17. The molecule has 0 aliphatic carbocycles. The molecule has 4 rings (SSSR count). The van der Waals surface area contributed by atoms with E-state index in [-0.39, 0.29) is 11.8 Å². The number of anilines is 2. The third-order valence-electron chi connectivity index (χ3n) is 4.96. The van der Waals surface area contributed by atoms with Gasteiger partial charge in [-0.05, 0) is 54.1 Å². The van der Waals surface area contributed by atoms with Crippen LogP contribution in [0.3, 0.4) is 0 Å². The zero-order valence-corrected chi connectivity index (χ0v) is 18.3. The minimum absolute atomic E-state index is 0.317. The first-order chi connectivity index (χ1) is 16.0. The molecule has 33 heavy (non-hydrogen) atoms. The van der Waals surface area contributed by atoms with Gasteiger partial charge in [-0.25, -0.2) is 0 Å². The summed E-state index contributed by atoms with van der Waals surface area (Å²) in [7, 11) is 4.57. The molecule has 0 saturated carbocycles. The van der Waals surface area contributed by atoms with Crippen LogP contribution in [-0.2, 0) is 4.79 Å². The number of carbonyl (C=O) groups excluding carboxylic acids is 2. The fourth-order valence-electron chi connectivity index (χ4n) is 3.39. The number of fused-ring (bicyclic) bond motifs is 2. The van der Waals surface area contributed by atoms with E-state index in [9.17, 15) is 9.59 Å². The number of methoxy groups -OCH3 is 3. The summed E-state index contributed by atoms with van der Waals surface area (Å²) in [6.07, 6.45) is 2.99. The molecule has 1 aliphatic heterocycles. The zero-order chi connectivity index (χ0) is 23.4. The fourth-order valence-corrected chi connectivity index (χ4v) is 3.39. The van der Waals surface area contributed by atoms with Gasteiger partial charge in [-0.3, -0.25) is 9.59 Å². The van der Waals surface area contributed by atoms with Crippen LogP contribution < -0.4 is 29.6 Å². The molecule has 0 radical (unpaired) electrons. The molecular weight excluding hydrogens is 424 g/mol. The molecule has 3 aromatic carbocycles. The minimum atomic E-state index is -0.373. The molecule has 2 N–H and O–H groups in total. The van der Waals surface area contributed by atoms with Gasteiger partial charge in [-0.1, -0.05) is 12.1 Å². The van der Waals surface area contributed by atoms with Crippen LogP contribution in [0.5, 0.6) is 28.7 Å². The van der Waals surface area contributed by atoms with E-state index in [2.05, 4.69) is 10.6 Å². The van der Waals surface area contributed by atoms with Gasteiger partial charge in [0.15, 0.2) is 17.2 Å². The van der Waals surface area contributed by atoms with Crippen molar-refractivity contribution in [2.24, 2.45) is 0 Å². The number of benzene rings is 3. The van der Waals surface area contributed by atoms with Crippen molar-refractivity contribution < 1.29 is 28.5 Å². The number of hydrogen-bond acceptors (Lipinski definition) is 6. The first-order valence-corrected chi connectivity index (χ1v) is 10.0.